The number of imidazole rings is 1. The minimum absolute atomic E-state index is 0.219. The number of hydrazine groups is 1. The Morgan fingerprint density at radius 1 is 1.48 bits per heavy atom. The van der Waals surface area contributed by atoms with Crippen molar-refractivity contribution in [2.24, 2.45) is 5.84 Å². The first-order chi connectivity index (χ1) is 10.1. The Morgan fingerprint density at radius 3 is 2.90 bits per heavy atom. The number of likely N-dealkylation sites (N-methyl/N-ethyl adjacent to an activating group) is 1. The molecule has 0 spiro atoms. The number of nitrogen functional groups attached to an aromatic ring is 1. The quantitative estimate of drug-likeness (QED) is 0.425. The molecule has 2 heterocycles. The van der Waals surface area contributed by atoms with E-state index < -0.39 is 6.10 Å². The third-order valence-electron chi connectivity index (χ3n) is 2.66. The highest BCUT2D eigenvalue weighted by Gasteiger charge is 2.14. The maximum absolute atomic E-state index is 9.77. The minimum Gasteiger partial charge on any atom is -0.389 e. The average Bonchev–Trinajstić information content (AvgIpc) is 3.01. The van der Waals surface area contributed by atoms with Crippen molar-refractivity contribution in [1.82, 2.24) is 24.5 Å². The SMILES string of the molecule is COCC(O)CN(C)c1nc(NN)nc(-n2ccnc2)n1. The van der Waals surface area contributed by atoms with Gasteiger partial charge in [-0.3, -0.25) is 9.99 Å². The van der Waals surface area contributed by atoms with Crippen LogP contribution in [0.2, 0.25) is 0 Å². The lowest BCUT2D eigenvalue weighted by Crippen LogP contribution is -2.33. The highest BCUT2D eigenvalue weighted by atomic mass is 16.5. The van der Waals surface area contributed by atoms with Crippen molar-refractivity contribution in [3.8, 4) is 5.95 Å². The Labute approximate surface area is 121 Å². The van der Waals surface area contributed by atoms with Gasteiger partial charge in [-0.05, 0) is 0 Å². The Morgan fingerprint density at radius 2 is 2.29 bits per heavy atom. The minimum atomic E-state index is -0.650. The van der Waals surface area contributed by atoms with E-state index in [2.05, 4.69) is 25.4 Å². The molecule has 0 aliphatic heterocycles. The molecule has 21 heavy (non-hydrogen) atoms. The molecule has 0 aromatic carbocycles. The van der Waals surface area contributed by atoms with Crippen molar-refractivity contribution in [3.05, 3.63) is 18.7 Å². The highest BCUT2D eigenvalue weighted by molar-refractivity contribution is 5.39. The average molecular weight is 294 g/mol. The number of nitrogens with zero attached hydrogens (tertiary/aromatic N) is 6. The molecule has 2 rings (SSSR count). The van der Waals surface area contributed by atoms with Gasteiger partial charge in [-0.15, -0.1) is 0 Å². The first kappa shape index (κ1) is 15.1. The van der Waals surface area contributed by atoms with Crippen LogP contribution in [-0.2, 0) is 4.74 Å². The summed E-state index contributed by atoms with van der Waals surface area (Å²) in [5.74, 6) is 6.34. The molecule has 4 N–H and O–H groups in total. The number of nitrogens with two attached hydrogens (primary N) is 1. The zero-order chi connectivity index (χ0) is 15.2. The van der Waals surface area contributed by atoms with E-state index in [1.165, 1.54) is 7.11 Å². The van der Waals surface area contributed by atoms with Crippen molar-refractivity contribution >= 4 is 11.9 Å². The summed E-state index contributed by atoms with van der Waals surface area (Å²) >= 11 is 0. The molecule has 2 aromatic rings. The van der Waals surface area contributed by atoms with Crippen LogP contribution in [0.25, 0.3) is 5.95 Å². The fraction of sp³-hybridized carbons (Fsp3) is 0.455. The summed E-state index contributed by atoms with van der Waals surface area (Å²) in [5, 5.41) is 9.77. The van der Waals surface area contributed by atoms with Gasteiger partial charge >= 0.3 is 0 Å². The van der Waals surface area contributed by atoms with Crippen LogP contribution >= 0.6 is 0 Å². The maximum Gasteiger partial charge on any atom is 0.243 e. The fourth-order valence-corrected chi connectivity index (χ4v) is 1.72. The summed E-state index contributed by atoms with van der Waals surface area (Å²) in [7, 11) is 3.28. The molecule has 0 aliphatic rings. The Balaban J connectivity index is 2.24. The number of methoxy groups -OCH3 is 1. The number of ether oxygens (including phenoxy) is 1. The van der Waals surface area contributed by atoms with Gasteiger partial charge in [0.25, 0.3) is 0 Å². The molecule has 0 amide bonds. The van der Waals surface area contributed by atoms with Gasteiger partial charge in [-0.25, -0.2) is 10.8 Å². The molecule has 0 aliphatic carbocycles. The highest BCUT2D eigenvalue weighted by Crippen LogP contribution is 2.12. The topological polar surface area (TPSA) is 127 Å². The van der Waals surface area contributed by atoms with Crippen LogP contribution in [0.5, 0.6) is 0 Å². The molecule has 0 saturated heterocycles. The van der Waals surface area contributed by atoms with Crippen molar-refractivity contribution < 1.29 is 9.84 Å². The second kappa shape index (κ2) is 6.92. The lowest BCUT2D eigenvalue weighted by atomic mass is 10.3. The molecule has 0 radical (unpaired) electrons. The third kappa shape index (κ3) is 3.84. The van der Waals surface area contributed by atoms with Crippen molar-refractivity contribution in [3.63, 3.8) is 0 Å². The van der Waals surface area contributed by atoms with Crippen LogP contribution < -0.4 is 16.2 Å². The first-order valence-electron chi connectivity index (χ1n) is 6.23. The second-order valence-corrected chi connectivity index (χ2v) is 4.36. The van der Waals surface area contributed by atoms with Crippen LogP contribution in [0.4, 0.5) is 11.9 Å². The van der Waals surface area contributed by atoms with E-state index >= 15 is 0 Å². The zero-order valence-corrected chi connectivity index (χ0v) is 11.8. The largest absolute Gasteiger partial charge is 0.389 e. The van der Waals surface area contributed by atoms with Gasteiger partial charge in [0.2, 0.25) is 17.8 Å². The van der Waals surface area contributed by atoms with Crippen LogP contribution in [0.3, 0.4) is 0 Å². The van der Waals surface area contributed by atoms with E-state index in [-0.39, 0.29) is 12.6 Å². The fourth-order valence-electron chi connectivity index (χ4n) is 1.72. The predicted octanol–water partition coefficient (Wildman–Crippen LogP) is -1.21. The molecule has 2 aromatic heterocycles. The summed E-state index contributed by atoms with van der Waals surface area (Å²) in [5.41, 5.74) is 2.39. The number of hydrogen-bond donors (Lipinski definition) is 3. The smallest absolute Gasteiger partial charge is 0.243 e. The molecule has 0 fully saturated rings. The van der Waals surface area contributed by atoms with E-state index in [1.807, 2.05) is 0 Å². The van der Waals surface area contributed by atoms with Crippen LogP contribution in [-0.4, -0.2) is 63.0 Å². The summed E-state index contributed by atoms with van der Waals surface area (Å²) < 4.78 is 6.52. The van der Waals surface area contributed by atoms with E-state index in [4.69, 9.17) is 10.6 Å². The summed E-state index contributed by atoms with van der Waals surface area (Å²) in [6.45, 7) is 0.539. The number of anilines is 2. The molecule has 1 unspecified atom stereocenters. The zero-order valence-electron chi connectivity index (χ0n) is 11.8. The third-order valence-corrected chi connectivity index (χ3v) is 2.66. The van der Waals surface area contributed by atoms with Gasteiger partial charge in [0.1, 0.15) is 6.33 Å². The monoisotopic (exact) mass is 294 g/mol. The molecule has 10 heteroatoms. The number of rotatable bonds is 7. The maximum atomic E-state index is 9.77. The summed E-state index contributed by atoms with van der Waals surface area (Å²) in [6.07, 6.45) is 4.24. The molecule has 0 bridgehead atoms. The van der Waals surface area contributed by atoms with Gasteiger partial charge in [0.05, 0.1) is 12.7 Å². The normalized spacial score (nSPS) is 12.2. The molecule has 0 saturated carbocycles. The van der Waals surface area contributed by atoms with Crippen LogP contribution in [0.1, 0.15) is 0 Å². The number of aliphatic hydroxyl groups is 1. The standard InChI is InChI=1S/C11H18N8O2/c1-18(5-8(20)6-21-2)10-14-9(17-12)15-11(16-10)19-4-3-13-7-19/h3-4,7-8,20H,5-6,12H2,1-2H3,(H,14,15,16,17). The second-order valence-electron chi connectivity index (χ2n) is 4.36. The van der Waals surface area contributed by atoms with Gasteiger partial charge < -0.3 is 14.7 Å². The number of hydrogen-bond acceptors (Lipinski definition) is 9. The van der Waals surface area contributed by atoms with Crippen molar-refractivity contribution in [2.45, 2.75) is 6.10 Å². The Bertz CT molecular complexity index is 561. The molecule has 1 atom stereocenters. The van der Waals surface area contributed by atoms with Gasteiger partial charge in [0, 0.05) is 33.1 Å². The lowest BCUT2D eigenvalue weighted by Gasteiger charge is -2.21. The van der Waals surface area contributed by atoms with Crippen molar-refractivity contribution in [2.75, 3.05) is 37.6 Å². The van der Waals surface area contributed by atoms with Gasteiger partial charge in [-0.1, -0.05) is 0 Å². The van der Waals surface area contributed by atoms with Crippen LogP contribution in [0, 0.1) is 0 Å². The molecule has 114 valence electrons. The van der Waals surface area contributed by atoms with Crippen molar-refractivity contribution in [1.29, 1.82) is 0 Å². The predicted molar refractivity (Wildman–Crippen MR) is 75.9 cm³/mol. The Kier molecular flexibility index (Phi) is 4.98. The number of aliphatic hydroxyl groups excluding tert-OH is 1. The Hall–Kier alpha value is -2.30. The van der Waals surface area contributed by atoms with Gasteiger partial charge in [0.15, 0.2) is 0 Å². The van der Waals surface area contributed by atoms with Crippen LogP contribution in [0.15, 0.2) is 18.7 Å². The van der Waals surface area contributed by atoms with E-state index in [0.717, 1.165) is 0 Å². The first-order valence-corrected chi connectivity index (χ1v) is 6.23. The summed E-state index contributed by atoms with van der Waals surface area (Å²) in [4.78, 5) is 18.2. The number of nitrogens with one attached hydrogen (secondary N) is 1. The van der Waals surface area contributed by atoms with E-state index in [0.29, 0.717) is 18.4 Å². The van der Waals surface area contributed by atoms with Gasteiger partial charge in [-0.2, -0.15) is 15.0 Å². The summed E-state index contributed by atoms with van der Waals surface area (Å²) in [6, 6.07) is 0. The number of aromatic nitrogens is 5. The molecular formula is C11H18N8O2. The lowest BCUT2D eigenvalue weighted by molar-refractivity contribution is 0.0693. The molecular weight excluding hydrogens is 276 g/mol. The van der Waals surface area contributed by atoms with E-state index in [9.17, 15) is 5.11 Å². The molecule has 10 nitrogen and oxygen atoms in total. The van der Waals surface area contributed by atoms with E-state index in [1.54, 1.807) is 35.2 Å².